The summed E-state index contributed by atoms with van der Waals surface area (Å²) in [6.45, 7) is 2.59. The van der Waals surface area contributed by atoms with E-state index in [1.54, 1.807) is 0 Å². The predicted octanol–water partition coefficient (Wildman–Crippen LogP) is 2.00. The van der Waals surface area contributed by atoms with Crippen LogP contribution in [0, 0.1) is 5.41 Å². The molecule has 15 heavy (non-hydrogen) atoms. The van der Waals surface area contributed by atoms with E-state index in [2.05, 4.69) is 0 Å². The van der Waals surface area contributed by atoms with Crippen LogP contribution >= 0.6 is 0 Å². The van der Waals surface area contributed by atoms with Crippen LogP contribution in [-0.4, -0.2) is 37.3 Å². The fourth-order valence-corrected chi connectivity index (χ4v) is 1.86. The van der Waals surface area contributed by atoms with Crippen molar-refractivity contribution in [1.29, 1.82) is 0 Å². The number of rotatable bonds is 6. The van der Waals surface area contributed by atoms with Crippen LogP contribution in [0.1, 0.15) is 26.2 Å². The summed E-state index contributed by atoms with van der Waals surface area (Å²) in [5.41, 5.74) is 5.56. The molecule has 0 radical (unpaired) electrons. The van der Waals surface area contributed by atoms with Crippen LogP contribution in [0.3, 0.4) is 0 Å². The minimum atomic E-state index is -4.10. The number of hydrogen-bond donors (Lipinski definition) is 1. The van der Waals surface area contributed by atoms with Crippen molar-refractivity contribution in [3.8, 4) is 0 Å². The Labute approximate surface area is 88.6 Å². The van der Waals surface area contributed by atoms with E-state index in [9.17, 15) is 13.2 Å². The van der Waals surface area contributed by atoms with Crippen molar-refractivity contribution >= 4 is 0 Å². The van der Waals surface area contributed by atoms with Gasteiger partial charge in [0.05, 0.1) is 6.54 Å². The molecule has 90 valence electrons. The normalized spacial score (nSPS) is 19.6. The lowest BCUT2D eigenvalue weighted by molar-refractivity contribution is -0.147. The number of nitrogens with zero attached hydrogens (tertiary/aromatic N) is 1. The number of nitrogens with two attached hydrogens (primary N) is 1. The van der Waals surface area contributed by atoms with Crippen molar-refractivity contribution < 1.29 is 13.2 Å². The van der Waals surface area contributed by atoms with E-state index in [1.165, 1.54) is 4.90 Å². The average Bonchev–Trinajstić information content (AvgIpc) is 2.83. The molecule has 1 rings (SSSR count). The van der Waals surface area contributed by atoms with Crippen LogP contribution in [0.25, 0.3) is 0 Å². The molecule has 2 N–H and O–H groups in total. The molecule has 0 aromatic heterocycles. The molecule has 0 heterocycles. The molecule has 0 saturated heterocycles. The molecule has 0 aromatic carbocycles. The lowest BCUT2D eigenvalue weighted by atomic mass is 10.1. The Hall–Kier alpha value is -0.290. The molecular weight excluding hydrogens is 205 g/mol. The van der Waals surface area contributed by atoms with E-state index in [4.69, 9.17) is 5.73 Å². The Morgan fingerprint density at radius 2 is 1.93 bits per heavy atom. The van der Waals surface area contributed by atoms with Crippen molar-refractivity contribution in [2.75, 3.05) is 26.2 Å². The van der Waals surface area contributed by atoms with Crippen molar-refractivity contribution in [2.45, 2.75) is 32.4 Å². The molecule has 0 aliphatic heterocycles. The Morgan fingerprint density at radius 1 is 1.33 bits per heavy atom. The van der Waals surface area contributed by atoms with Gasteiger partial charge in [-0.2, -0.15) is 13.2 Å². The van der Waals surface area contributed by atoms with Gasteiger partial charge in [0.15, 0.2) is 0 Å². The Morgan fingerprint density at radius 3 is 2.27 bits per heavy atom. The van der Waals surface area contributed by atoms with Crippen molar-refractivity contribution in [3.05, 3.63) is 0 Å². The van der Waals surface area contributed by atoms with E-state index in [1.807, 2.05) is 6.92 Å². The van der Waals surface area contributed by atoms with E-state index in [0.717, 1.165) is 19.3 Å². The molecule has 1 saturated carbocycles. The molecule has 1 fully saturated rings. The van der Waals surface area contributed by atoms with Gasteiger partial charge in [-0.3, -0.25) is 4.90 Å². The molecule has 0 amide bonds. The first-order valence-electron chi connectivity index (χ1n) is 5.40. The van der Waals surface area contributed by atoms with Crippen molar-refractivity contribution in [2.24, 2.45) is 11.1 Å². The summed E-state index contributed by atoms with van der Waals surface area (Å²) >= 11 is 0. The molecule has 0 aromatic rings. The highest BCUT2D eigenvalue weighted by Crippen LogP contribution is 2.45. The highest BCUT2D eigenvalue weighted by atomic mass is 19.4. The molecule has 0 spiro atoms. The first-order valence-corrected chi connectivity index (χ1v) is 5.40. The maximum atomic E-state index is 12.3. The largest absolute Gasteiger partial charge is 0.401 e. The second-order valence-corrected chi connectivity index (χ2v) is 4.53. The molecule has 0 atom stereocenters. The van der Waals surface area contributed by atoms with Crippen LogP contribution in [-0.2, 0) is 0 Å². The van der Waals surface area contributed by atoms with Gasteiger partial charge >= 0.3 is 6.18 Å². The minimum Gasteiger partial charge on any atom is -0.330 e. The van der Waals surface area contributed by atoms with Crippen LogP contribution in [0.5, 0.6) is 0 Å². The molecule has 0 bridgehead atoms. The molecule has 1 aliphatic rings. The number of alkyl halides is 3. The van der Waals surface area contributed by atoms with Gasteiger partial charge in [-0.25, -0.2) is 0 Å². The third-order valence-electron chi connectivity index (χ3n) is 2.89. The highest BCUT2D eigenvalue weighted by molar-refractivity contribution is 4.96. The lowest BCUT2D eigenvalue weighted by Gasteiger charge is -2.27. The summed E-state index contributed by atoms with van der Waals surface area (Å²) < 4.78 is 36.8. The SMILES string of the molecule is CCCN(CC(F)(F)F)CC1(CN)CC1. The molecule has 5 heteroatoms. The summed E-state index contributed by atoms with van der Waals surface area (Å²) in [7, 11) is 0. The molecule has 0 unspecified atom stereocenters. The molecular formula is C10H19F3N2. The molecule has 2 nitrogen and oxygen atoms in total. The summed E-state index contributed by atoms with van der Waals surface area (Å²) in [6, 6.07) is 0. The average molecular weight is 224 g/mol. The van der Waals surface area contributed by atoms with Crippen LogP contribution in [0.4, 0.5) is 13.2 Å². The first-order chi connectivity index (χ1) is 6.91. The fourth-order valence-electron chi connectivity index (χ4n) is 1.86. The fraction of sp³-hybridized carbons (Fsp3) is 1.00. The van der Waals surface area contributed by atoms with Gasteiger partial charge in [0.1, 0.15) is 0 Å². The topological polar surface area (TPSA) is 29.3 Å². The third-order valence-corrected chi connectivity index (χ3v) is 2.89. The van der Waals surface area contributed by atoms with Gasteiger partial charge in [0.2, 0.25) is 0 Å². The first kappa shape index (κ1) is 12.8. The third kappa shape index (κ3) is 4.38. The zero-order valence-corrected chi connectivity index (χ0v) is 9.11. The van der Waals surface area contributed by atoms with Crippen LogP contribution in [0.15, 0.2) is 0 Å². The summed E-state index contributed by atoms with van der Waals surface area (Å²) in [5.74, 6) is 0. The van der Waals surface area contributed by atoms with Crippen LogP contribution in [0.2, 0.25) is 0 Å². The van der Waals surface area contributed by atoms with Crippen LogP contribution < -0.4 is 5.73 Å². The summed E-state index contributed by atoms with van der Waals surface area (Å²) in [5, 5.41) is 0. The maximum absolute atomic E-state index is 12.3. The zero-order valence-electron chi connectivity index (χ0n) is 9.11. The summed E-state index contributed by atoms with van der Waals surface area (Å²) in [4.78, 5) is 1.49. The quantitative estimate of drug-likeness (QED) is 0.747. The van der Waals surface area contributed by atoms with Gasteiger partial charge in [-0.15, -0.1) is 0 Å². The monoisotopic (exact) mass is 224 g/mol. The minimum absolute atomic E-state index is 0.0135. The second-order valence-electron chi connectivity index (χ2n) is 4.53. The Balaban J connectivity index is 2.43. The Bertz CT molecular complexity index is 199. The number of hydrogen-bond acceptors (Lipinski definition) is 2. The van der Waals surface area contributed by atoms with Crippen molar-refractivity contribution in [1.82, 2.24) is 4.90 Å². The highest BCUT2D eigenvalue weighted by Gasteiger charge is 2.44. The predicted molar refractivity (Wildman–Crippen MR) is 53.5 cm³/mol. The van der Waals surface area contributed by atoms with Gasteiger partial charge in [0.25, 0.3) is 0 Å². The second kappa shape index (κ2) is 4.70. The van der Waals surface area contributed by atoms with Crippen molar-refractivity contribution in [3.63, 3.8) is 0 Å². The summed E-state index contributed by atoms with van der Waals surface area (Å²) in [6.07, 6.45) is -1.40. The van der Waals surface area contributed by atoms with E-state index in [-0.39, 0.29) is 5.41 Å². The molecule has 1 aliphatic carbocycles. The van der Waals surface area contributed by atoms with Gasteiger partial charge in [-0.05, 0) is 37.8 Å². The van der Waals surface area contributed by atoms with Gasteiger partial charge in [0, 0.05) is 6.54 Å². The Kier molecular flexibility index (Phi) is 4.00. The lowest BCUT2D eigenvalue weighted by Crippen LogP contribution is -2.40. The van der Waals surface area contributed by atoms with Gasteiger partial charge in [-0.1, -0.05) is 6.92 Å². The van der Waals surface area contributed by atoms with E-state index in [0.29, 0.717) is 19.6 Å². The van der Waals surface area contributed by atoms with Gasteiger partial charge < -0.3 is 5.73 Å². The zero-order chi connectivity index (χ0) is 11.5. The van der Waals surface area contributed by atoms with E-state index >= 15 is 0 Å². The standard InChI is InChI=1S/C10H19F3N2/c1-2-5-15(8-10(11,12)13)7-9(6-14)3-4-9/h2-8,14H2,1H3. The van der Waals surface area contributed by atoms with E-state index < -0.39 is 12.7 Å². The smallest absolute Gasteiger partial charge is 0.330 e. The maximum Gasteiger partial charge on any atom is 0.401 e. The number of halogens is 3.